The van der Waals surface area contributed by atoms with Gasteiger partial charge in [0.1, 0.15) is 6.07 Å². The Balaban J connectivity index is 1.64. The van der Waals surface area contributed by atoms with Gasteiger partial charge in [0.2, 0.25) is 11.9 Å². The summed E-state index contributed by atoms with van der Waals surface area (Å²) in [5, 5.41) is 15.6. The molecule has 0 bridgehead atoms. The molecule has 0 unspecified atom stereocenters. The van der Waals surface area contributed by atoms with Crippen molar-refractivity contribution in [1.29, 1.82) is 5.26 Å². The number of amides is 1. The number of nitriles is 1. The first-order valence-electron chi connectivity index (χ1n) is 11.3. The summed E-state index contributed by atoms with van der Waals surface area (Å²) >= 11 is 0. The van der Waals surface area contributed by atoms with Gasteiger partial charge in [-0.2, -0.15) is 5.26 Å². The number of nitrogens with one attached hydrogen (secondary N) is 2. The number of aromatic nitrogens is 2. The molecule has 1 aromatic heterocycles. The standard InChI is InChI=1S/C26H27N7O/c1-3-24(34)29-23-16-21(33-14-12-32(4-2)13-15-33)10-11-22(23)30-26-28-18-20(17-27)25(31-26)19-8-6-5-7-9-19/h3,5-11,16,18H,1,4,12-15H2,2H3,(H,29,34)(H,28,30,31). The molecule has 8 nitrogen and oxygen atoms in total. The molecule has 34 heavy (non-hydrogen) atoms. The third kappa shape index (κ3) is 5.22. The van der Waals surface area contributed by atoms with Gasteiger partial charge in [-0.25, -0.2) is 9.97 Å². The van der Waals surface area contributed by atoms with Crippen LogP contribution in [0, 0.1) is 11.3 Å². The molecule has 0 radical (unpaired) electrons. The van der Waals surface area contributed by atoms with Crippen molar-refractivity contribution in [3.63, 3.8) is 0 Å². The van der Waals surface area contributed by atoms with E-state index in [0.29, 0.717) is 28.6 Å². The lowest BCUT2D eigenvalue weighted by molar-refractivity contribution is -0.111. The Hall–Kier alpha value is -4.22. The van der Waals surface area contributed by atoms with Crippen molar-refractivity contribution < 1.29 is 4.79 Å². The molecule has 0 aliphatic carbocycles. The Morgan fingerprint density at radius 2 is 1.91 bits per heavy atom. The number of hydrogen-bond acceptors (Lipinski definition) is 7. The molecule has 0 saturated carbocycles. The first-order valence-corrected chi connectivity index (χ1v) is 11.3. The van der Waals surface area contributed by atoms with Crippen LogP contribution in [-0.2, 0) is 4.79 Å². The van der Waals surface area contributed by atoms with Gasteiger partial charge >= 0.3 is 0 Å². The number of anilines is 4. The Morgan fingerprint density at radius 3 is 2.59 bits per heavy atom. The number of nitrogens with zero attached hydrogens (tertiary/aromatic N) is 5. The van der Waals surface area contributed by atoms with E-state index in [1.807, 2.05) is 48.5 Å². The van der Waals surface area contributed by atoms with Crippen LogP contribution in [0.3, 0.4) is 0 Å². The molecule has 1 fully saturated rings. The Morgan fingerprint density at radius 1 is 1.15 bits per heavy atom. The van der Waals surface area contributed by atoms with Gasteiger partial charge in [-0.05, 0) is 30.8 Å². The summed E-state index contributed by atoms with van der Waals surface area (Å²) in [7, 11) is 0. The van der Waals surface area contributed by atoms with Crippen LogP contribution in [0.25, 0.3) is 11.3 Å². The second kappa shape index (κ2) is 10.6. The van der Waals surface area contributed by atoms with Crippen molar-refractivity contribution in [2.45, 2.75) is 6.92 Å². The van der Waals surface area contributed by atoms with Crippen molar-refractivity contribution in [2.75, 3.05) is 48.3 Å². The lowest BCUT2D eigenvalue weighted by atomic mass is 10.1. The molecule has 0 atom stereocenters. The number of piperazine rings is 1. The molecule has 1 aliphatic rings. The van der Waals surface area contributed by atoms with Crippen molar-refractivity contribution >= 4 is 28.9 Å². The number of likely N-dealkylation sites (N-methyl/N-ethyl adjacent to an activating group) is 1. The first-order chi connectivity index (χ1) is 16.6. The normalized spacial score (nSPS) is 13.7. The maximum atomic E-state index is 12.1. The zero-order valence-corrected chi connectivity index (χ0v) is 19.2. The average Bonchev–Trinajstić information content (AvgIpc) is 2.90. The zero-order chi connectivity index (χ0) is 23.9. The fourth-order valence-corrected chi connectivity index (χ4v) is 3.91. The lowest BCUT2D eigenvalue weighted by Gasteiger charge is -2.35. The molecule has 1 saturated heterocycles. The summed E-state index contributed by atoms with van der Waals surface area (Å²) in [4.78, 5) is 25.8. The molecule has 2 aromatic carbocycles. The maximum absolute atomic E-state index is 12.1. The van der Waals surface area contributed by atoms with Crippen LogP contribution in [-0.4, -0.2) is 53.5 Å². The predicted molar refractivity (Wildman–Crippen MR) is 135 cm³/mol. The van der Waals surface area contributed by atoms with Crippen LogP contribution in [0.15, 0.2) is 67.4 Å². The summed E-state index contributed by atoms with van der Waals surface area (Å²) in [6.45, 7) is 10.6. The van der Waals surface area contributed by atoms with Crippen molar-refractivity contribution in [1.82, 2.24) is 14.9 Å². The van der Waals surface area contributed by atoms with Crippen molar-refractivity contribution in [3.05, 3.63) is 72.9 Å². The van der Waals surface area contributed by atoms with Gasteiger partial charge < -0.3 is 20.4 Å². The van der Waals surface area contributed by atoms with Gasteiger partial charge in [-0.1, -0.05) is 43.8 Å². The van der Waals surface area contributed by atoms with Crippen LogP contribution in [0.1, 0.15) is 12.5 Å². The molecule has 2 heterocycles. The van der Waals surface area contributed by atoms with Gasteiger partial charge in [0.15, 0.2) is 0 Å². The quantitative estimate of drug-likeness (QED) is 0.522. The molecule has 4 rings (SSSR count). The largest absolute Gasteiger partial charge is 0.369 e. The van der Waals surface area contributed by atoms with Crippen molar-refractivity contribution in [3.8, 4) is 17.3 Å². The maximum Gasteiger partial charge on any atom is 0.247 e. The fraction of sp³-hybridized carbons (Fsp3) is 0.231. The highest BCUT2D eigenvalue weighted by atomic mass is 16.1. The monoisotopic (exact) mass is 453 g/mol. The second-order valence-electron chi connectivity index (χ2n) is 7.90. The van der Waals surface area contributed by atoms with E-state index in [-0.39, 0.29) is 5.91 Å². The molecule has 1 aliphatic heterocycles. The molecule has 172 valence electrons. The molecule has 1 amide bonds. The van der Waals surface area contributed by atoms with Gasteiger partial charge in [0.05, 0.1) is 28.8 Å². The molecule has 8 heteroatoms. The van der Waals surface area contributed by atoms with Gasteiger partial charge in [-0.15, -0.1) is 0 Å². The van der Waals surface area contributed by atoms with Gasteiger partial charge in [-0.3, -0.25) is 4.79 Å². The summed E-state index contributed by atoms with van der Waals surface area (Å²) in [5.41, 5.74) is 4.04. The van der Waals surface area contributed by atoms with E-state index >= 15 is 0 Å². The molecule has 0 spiro atoms. The molecule has 2 N–H and O–H groups in total. The van der Waals surface area contributed by atoms with Gasteiger partial charge in [0, 0.05) is 37.4 Å². The number of carbonyl (C=O) groups excluding carboxylic acids is 1. The van der Waals surface area contributed by atoms with Crippen LogP contribution >= 0.6 is 0 Å². The molecular weight excluding hydrogens is 426 g/mol. The Kier molecular flexibility index (Phi) is 7.16. The molecule has 3 aromatic rings. The van der Waals surface area contributed by atoms with E-state index < -0.39 is 0 Å². The number of rotatable bonds is 7. The third-order valence-corrected chi connectivity index (χ3v) is 5.83. The van der Waals surface area contributed by atoms with E-state index in [2.05, 4.69) is 50.0 Å². The van der Waals surface area contributed by atoms with Crippen LogP contribution in [0.2, 0.25) is 0 Å². The van der Waals surface area contributed by atoms with Crippen molar-refractivity contribution in [2.24, 2.45) is 0 Å². The van der Waals surface area contributed by atoms with Crippen LogP contribution in [0.4, 0.5) is 23.0 Å². The first kappa shape index (κ1) is 23.0. The minimum atomic E-state index is -0.304. The summed E-state index contributed by atoms with van der Waals surface area (Å²) < 4.78 is 0. The summed E-state index contributed by atoms with van der Waals surface area (Å²) in [6.07, 6.45) is 2.74. The van der Waals surface area contributed by atoms with E-state index in [1.54, 1.807) is 0 Å². The van der Waals surface area contributed by atoms with Crippen LogP contribution in [0.5, 0.6) is 0 Å². The average molecular weight is 454 g/mol. The fourth-order valence-electron chi connectivity index (χ4n) is 3.91. The van der Waals surface area contributed by atoms with Crippen LogP contribution < -0.4 is 15.5 Å². The summed E-state index contributed by atoms with van der Waals surface area (Å²) in [6, 6.07) is 17.5. The highest BCUT2D eigenvalue weighted by molar-refractivity contribution is 6.02. The number of carbonyl (C=O) groups is 1. The minimum absolute atomic E-state index is 0.304. The highest BCUT2D eigenvalue weighted by Gasteiger charge is 2.18. The predicted octanol–water partition coefficient (Wildman–Crippen LogP) is 4.03. The highest BCUT2D eigenvalue weighted by Crippen LogP contribution is 2.31. The summed E-state index contributed by atoms with van der Waals surface area (Å²) in [5.74, 6) is 0.0259. The minimum Gasteiger partial charge on any atom is -0.369 e. The topological polar surface area (TPSA) is 97.2 Å². The smallest absolute Gasteiger partial charge is 0.247 e. The Bertz CT molecular complexity index is 1210. The van der Waals surface area contributed by atoms with E-state index in [0.717, 1.165) is 44.0 Å². The Labute approximate surface area is 199 Å². The second-order valence-corrected chi connectivity index (χ2v) is 7.90. The third-order valence-electron chi connectivity index (χ3n) is 5.83. The number of benzene rings is 2. The lowest BCUT2D eigenvalue weighted by Crippen LogP contribution is -2.46. The zero-order valence-electron chi connectivity index (χ0n) is 19.2. The van der Waals surface area contributed by atoms with E-state index in [4.69, 9.17) is 0 Å². The van der Waals surface area contributed by atoms with E-state index in [1.165, 1.54) is 12.3 Å². The molecular formula is C26H27N7O. The SMILES string of the molecule is C=CC(=O)Nc1cc(N2CCN(CC)CC2)ccc1Nc1ncc(C#N)c(-c2ccccc2)n1. The van der Waals surface area contributed by atoms with E-state index in [9.17, 15) is 10.1 Å². The number of hydrogen-bond donors (Lipinski definition) is 2. The van der Waals surface area contributed by atoms with Gasteiger partial charge in [0.25, 0.3) is 0 Å².